The molecule has 1 saturated heterocycles. The summed E-state index contributed by atoms with van der Waals surface area (Å²) in [6.07, 6.45) is 2.94. The smallest absolute Gasteiger partial charge is 0.319 e. The van der Waals surface area contributed by atoms with Crippen LogP contribution in [0.3, 0.4) is 0 Å². The molecule has 2 aromatic rings. The van der Waals surface area contributed by atoms with Crippen molar-refractivity contribution in [3.05, 3.63) is 59.7 Å². The number of carbonyl (C=O) groups is 1. The first-order valence-corrected chi connectivity index (χ1v) is 10.1. The number of anilines is 1. The van der Waals surface area contributed by atoms with E-state index in [0.29, 0.717) is 24.3 Å². The van der Waals surface area contributed by atoms with Gasteiger partial charge in [-0.1, -0.05) is 31.2 Å². The maximum atomic E-state index is 12.3. The number of likely N-dealkylation sites (tertiary alicyclic amines) is 1. The second-order valence-corrected chi connectivity index (χ2v) is 8.29. The van der Waals surface area contributed by atoms with Crippen molar-refractivity contribution in [3.8, 4) is 5.75 Å². The van der Waals surface area contributed by atoms with Crippen molar-refractivity contribution in [1.82, 2.24) is 10.2 Å². The van der Waals surface area contributed by atoms with Crippen LogP contribution in [0.15, 0.2) is 48.5 Å². The van der Waals surface area contributed by atoms with Crippen LogP contribution in [0.2, 0.25) is 0 Å². The summed E-state index contributed by atoms with van der Waals surface area (Å²) in [4.78, 5) is 14.8. The van der Waals surface area contributed by atoms with Crippen LogP contribution in [0, 0.1) is 5.92 Å². The Morgan fingerprint density at radius 2 is 2.04 bits per heavy atom. The van der Waals surface area contributed by atoms with Crippen molar-refractivity contribution in [3.63, 3.8) is 0 Å². The van der Waals surface area contributed by atoms with Gasteiger partial charge in [-0.15, -0.1) is 0 Å². The number of rotatable bonds is 4. The molecule has 1 aliphatic carbocycles. The Labute approximate surface area is 166 Å². The molecule has 5 nitrogen and oxygen atoms in total. The van der Waals surface area contributed by atoms with Crippen LogP contribution in [-0.4, -0.2) is 42.2 Å². The zero-order valence-electron chi connectivity index (χ0n) is 16.6. The lowest BCUT2D eigenvalue weighted by Gasteiger charge is -2.55. The van der Waals surface area contributed by atoms with Gasteiger partial charge >= 0.3 is 6.03 Å². The van der Waals surface area contributed by atoms with Gasteiger partial charge in [-0.3, -0.25) is 0 Å². The number of urea groups is 1. The van der Waals surface area contributed by atoms with Crippen LogP contribution < -0.4 is 10.6 Å². The van der Waals surface area contributed by atoms with Gasteiger partial charge < -0.3 is 20.6 Å². The summed E-state index contributed by atoms with van der Waals surface area (Å²) < 4.78 is 0. The first kappa shape index (κ1) is 18.8. The zero-order valence-corrected chi connectivity index (χ0v) is 16.6. The standard InChI is InChI=1S/C23H29N3O2/c1-16-21-14-17-8-9-19(27)15-20(17)23(16,11-13-26(21)2)10-12-24-22(28)25-18-6-4-3-5-7-18/h3-9,15-16,21,27H,10-14H2,1-2H3,(H2,24,25,28)/t16-,21+,23+/m0/s1. The molecular formula is C23H29N3O2. The normalized spacial score (nSPS) is 26.4. The van der Waals surface area contributed by atoms with Crippen LogP contribution in [0.1, 0.15) is 30.9 Å². The number of nitrogens with one attached hydrogen (secondary N) is 2. The Hall–Kier alpha value is -2.53. The summed E-state index contributed by atoms with van der Waals surface area (Å²) in [7, 11) is 2.21. The number of phenols is 1. The number of carbonyl (C=O) groups excluding carboxylic acids is 1. The molecule has 1 aliphatic heterocycles. The third-order valence-electron chi connectivity index (χ3n) is 6.87. The second-order valence-electron chi connectivity index (χ2n) is 8.29. The number of phenolic OH excluding ortho intramolecular Hbond substituents is 1. The van der Waals surface area contributed by atoms with Gasteiger partial charge in [-0.25, -0.2) is 4.79 Å². The van der Waals surface area contributed by atoms with Crippen LogP contribution in [0.4, 0.5) is 10.5 Å². The number of piperidine rings is 1. The molecule has 5 heteroatoms. The van der Waals surface area contributed by atoms with E-state index in [2.05, 4.69) is 35.6 Å². The number of aromatic hydroxyl groups is 1. The highest BCUT2D eigenvalue weighted by molar-refractivity contribution is 5.89. The first-order valence-electron chi connectivity index (χ1n) is 10.1. The van der Waals surface area contributed by atoms with Crippen molar-refractivity contribution in [2.45, 2.75) is 37.6 Å². The average molecular weight is 380 g/mol. The first-order chi connectivity index (χ1) is 13.5. The number of fused-ring (bicyclic) bond motifs is 4. The molecule has 0 unspecified atom stereocenters. The van der Waals surface area contributed by atoms with Crippen molar-refractivity contribution < 1.29 is 9.90 Å². The van der Waals surface area contributed by atoms with Crippen molar-refractivity contribution >= 4 is 11.7 Å². The summed E-state index contributed by atoms with van der Waals surface area (Å²) in [6.45, 7) is 3.98. The van der Waals surface area contributed by atoms with Gasteiger partial charge in [-0.05, 0) is 74.2 Å². The molecule has 0 aromatic heterocycles. The van der Waals surface area contributed by atoms with E-state index in [-0.39, 0.29) is 11.4 Å². The van der Waals surface area contributed by atoms with Gasteiger partial charge in [0.05, 0.1) is 0 Å². The third kappa shape index (κ3) is 3.35. The molecule has 0 radical (unpaired) electrons. The number of hydrogen-bond acceptors (Lipinski definition) is 3. The molecular weight excluding hydrogens is 350 g/mol. The summed E-state index contributed by atoms with van der Waals surface area (Å²) in [5.41, 5.74) is 3.39. The van der Waals surface area contributed by atoms with Crippen molar-refractivity contribution in [2.75, 3.05) is 25.5 Å². The van der Waals surface area contributed by atoms with Crippen LogP contribution in [0.5, 0.6) is 5.75 Å². The maximum absolute atomic E-state index is 12.3. The van der Waals surface area contributed by atoms with Crippen molar-refractivity contribution in [1.29, 1.82) is 0 Å². The minimum Gasteiger partial charge on any atom is -0.508 e. The minimum atomic E-state index is -0.174. The van der Waals surface area contributed by atoms with Gasteiger partial charge in [0, 0.05) is 23.7 Å². The van der Waals surface area contributed by atoms with E-state index in [9.17, 15) is 9.90 Å². The second kappa shape index (κ2) is 7.47. The SMILES string of the molecule is C[C@H]1[C@H]2Cc3ccc(O)cc3[C@]1(CCNC(=O)Nc1ccccc1)CCN2C. The predicted octanol–water partition coefficient (Wildman–Crippen LogP) is 3.74. The quantitative estimate of drug-likeness (QED) is 0.758. The van der Waals surface area contributed by atoms with E-state index in [1.54, 1.807) is 6.07 Å². The van der Waals surface area contributed by atoms with Crippen LogP contribution in [0.25, 0.3) is 0 Å². The lowest BCUT2D eigenvalue weighted by atomic mass is 9.56. The molecule has 3 N–H and O–H groups in total. The van der Waals surface area contributed by atoms with E-state index >= 15 is 0 Å². The summed E-state index contributed by atoms with van der Waals surface area (Å²) in [5.74, 6) is 0.803. The Balaban J connectivity index is 1.50. The highest BCUT2D eigenvalue weighted by Gasteiger charge is 2.50. The summed E-state index contributed by atoms with van der Waals surface area (Å²) >= 11 is 0. The van der Waals surface area contributed by atoms with E-state index < -0.39 is 0 Å². The highest BCUT2D eigenvalue weighted by Crippen LogP contribution is 2.51. The van der Waals surface area contributed by atoms with Gasteiger partial charge in [0.1, 0.15) is 5.75 Å². The predicted molar refractivity (Wildman–Crippen MR) is 112 cm³/mol. The molecule has 2 amide bonds. The molecule has 148 valence electrons. The monoisotopic (exact) mass is 379 g/mol. The van der Waals surface area contributed by atoms with Crippen molar-refractivity contribution in [2.24, 2.45) is 5.92 Å². The van der Waals surface area contributed by atoms with Gasteiger partial charge in [0.25, 0.3) is 0 Å². The Bertz CT molecular complexity index is 854. The fourth-order valence-corrected chi connectivity index (χ4v) is 5.25. The summed E-state index contributed by atoms with van der Waals surface area (Å²) in [6, 6.07) is 15.6. The number of amides is 2. The van der Waals surface area contributed by atoms with E-state index in [1.807, 2.05) is 36.4 Å². The lowest BCUT2D eigenvalue weighted by molar-refractivity contribution is 0.0364. The number of hydrogen-bond donors (Lipinski definition) is 3. The molecule has 2 aliphatic rings. The molecule has 2 bridgehead atoms. The van der Waals surface area contributed by atoms with E-state index in [0.717, 1.165) is 31.5 Å². The van der Waals surface area contributed by atoms with E-state index in [4.69, 9.17) is 0 Å². The maximum Gasteiger partial charge on any atom is 0.319 e. The van der Waals surface area contributed by atoms with E-state index in [1.165, 1.54) is 11.1 Å². The fraction of sp³-hybridized carbons (Fsp3) is 0.435. The Morgan fingerprint density at radius 1 is 1.25 bits per heavy atom. The molecule has 0 spiro atoms. The number of nitrogens with zero attached hydrogens (tertiary/aromatic N) is 1. The third-order valence-corrected chi connectivity index (χ3v) is 6.87. The highest BCUT2D eigenvalue weighted by atomic mass is 16.3. The fourth-order valence-electron chi connectivity index (χ4n) is 5.25. The van der Waals surface area contributed by atoms with Gasteiger partial charge in [0.2, 0.25) is 0 Å². The van der Waals surface area contributed by atoms with Gasteiger partial charge in [-0.2, -0.15) is 0 Å². The van der Waals surface area contributed by atoms with Gasteiger partial charge in [0.15, 0.2) is 0 Å². The average Bonchev–Trinajstić information content (AvgIpc) is 2.68. The van der Waals surface area contributed by atoms with Crippen LogP contribution in [-0.2, 0) is 11.8 Å². The molecule has 1 fully saturated rings. The number of para-hydroxylation sites is 1. The topological polar surface area (TPSA) is 64.6 Å². The molecule has 4 rings (SSSR count). The Morgan fingerprint density at radius 3 is 2.82 bits per heavy atom. The van der Waals surface area contributed by atoms with Crippen LogP contribution >= 0.6 is 0 Å². The largest absolute Gasteiger partial charge is 0.508 e. The minimum absolute atomic E-state index is 0.0104. The summed E-state index contributed by atoms with van der Waals surface area (Å²) in [5, 5.41) is 16.0. The molecule has 1 heterocycles. The Kier molecular flexibility index (Phi) is 5.02. The molecule has 0 saturated carbocycles. The number of benzene rings is 2. The number of likely N-dealkylation sites (N-methyl/N-ethyl adjacent to an activating group) is 1. The lowest BCUT2D eigenvalue weighted by Crippen LogP contribution is -2.58. The molecule has 28 heavy (non-hydrogen) atoms. The molecule has 3 atom stereocenters. The molecule has 2 aromatic carbocycles. The zero-order chi connectivity index (χ0) is 19.7.